The molecule has 1 fully saturated rings. The highest BCUT2D eigenvalue weighted by atomic mass is 127. The highest BCUT2D eigenvalue weighted by Gasteiger charge is 2.21. The fourth-order valence-electron chi connectivity index (χ4n) is 2.62. The van der Waals surface area contributed by atoms with E-state index < -0.39 is 0 Å². The predicted octanol–water partition coefficient (Wildman–Crippen LogP) is 1.93. The Labute approximate surface area is 147 Å². The normalized spacial score (nSPS) is 20.2. The summed E-state index contributed by atoms with van der Waals surface area (Å²) >= 11 is 0. The molecule has 0 saturated carbocycles. The van der Waals surface area contributed by atoms with Gasteiger partial charge in [0, 0.05) is 46.4 Å². The molecule has 21 heavy (non-hydrogen) atoms. The van der Waals surface area contributed by atoms with Crippen LogP contribution in [0.2, 0.25) is 0 Å². The van der Waals surface area contributed by atoms with Crippen LogP contribution in [0.1, 0.15) is 33.1 Å². The quantitative estimate of drug-likeness (QED) is 0.290. The zero-order valence-corrected chi connectivity index (χ0v) is 16.4. The predicted molar refractivity (Wildman–Crippen MR) is 101 cm³/mol. The fraction of sp³-hybridized carbons (Fsp3) is 0.933. The number of aliphatic imine (C=N–C) groups is 1. The minimum absolute atomic E-state index is 0. The smallest absolute Gasteiger partial charge is 0.190 e. The van der Waals surface area contributed by atoms with Crippen molar-refractivity contribution in [2.45, 2.75) is 39.2 Å². The molecule has 1 aliphatic heterocycles. The Morgan fingerprint density at radius 3 is 2.76 bits per heavy atom. The Hall–Kier alpha value is -0.0800. The molecule has 1 unspecified atom stereocenters. The molecule has 0 aliphatic carbocycles. The van der Waals surface area contributed by atoms with Gasteiger partial charge >= 0.3 is 0 Å². The molecule has 1 aliphatic rings. The number of piperidine rings is 1. The molecule has 0 aromatic carbocycles. The Morgan fingerprint density at radius 1 is 1.38 bits per heavy atom. The molecule has 0 spiro atoms. The van der Waals surface area contributed by atoms with Crippen LogP contribution < -0.4 is 10.6 Å². The maximum atomic E-state index is 5.04. The first-order valence-electron chi connectivity index (χ1n) is 7.84. The minimum atomic E-state index is 0. The van der Waals surface area contributed by atoms with E-state index in [-0.39, 0.29) is 24.0 Å². The second-order valence-corrected chi connectivity index (χ2v) is 5.82. The van der Waals surface area contributed by atoms with E-state index >= 15 is 0 Å². The monoisotopic (exact) mass is 412 g/mol. The van der Waals surface area contributed by atoms with Crippen LogP contribution in [-0.2, 0) is 4.74 Å². The first kappa shape index (κ1) is 20.9. The van der Waals surface area contributed by atoms with Crippen molar-refractivity contribution in [1.29, 1.82) is 0 Å². The number of guanidine groups is 1. The van der Waals surface area contributed by atoms with Crippen LogP contribution in [0.15, 0.2) is 4.99 Å². The number of halogens is 1. The summed E-state index contributed by atoms with van der Waals surface area (Å²) in [5.74, 6) is 1.63. The Morgan fingerprint density at radius 2 is 2.14 bits per heavy atom. The second-order valence-electron chi connectivity index (χ2n) is 5.82. The number of hydrogen-bond acceptors (Lipinski definition) is 3. The van der Waals surface area contributed by atoms with Crippen molar-refractivity contribution in [1.82, 2.24) is 15.5 Å². The lowest BCUT2D eigenvalue weighted by Gasteiger charge is -2.35. The van der Waals surface area contributed by atoms with Crippen molar-refractivity contribution < 1.29 is 4.74 Å². The molecule has 0 bridgehead atoms. The third kappa shape index (κ3) is 8.83. The summed E-state index contributed by atoms with van der Waals surface area (Å²) < 4.78 is 5.04. The van der Waals surface area contributed by atoms with Gasteiger partial charge in [-0.3, -0.25) is 4.99 Å². The third-order valence-electron chi connectivity index (χ3n) is 3.88. The Bertz CT molecular complexity index is 287. The maximum absolute atomic E-state index is 5.04. The summed E-state index contributed by atoms with van der Waals surface area (Å²) in [6.07, 6.45) is 3.63. The summed E-state index contributed by atoms with van der Waals surface area (Å²) in [5.41, 5.74) is 0. The van der Waals surface area contributed by atoms with Gasteiger partial charge in [-0.1, -0.05) is 0 Å². The number of nitrogens with zero attached hydrogens (tertiary/aromatic N) is 2. The molecule has 1 heterocycles. The van der Waals surface area contributed by atoms with Crippen LogP contribution in [0, 0.1) is 5.92 Å². The second kappa shape index (κ2) is 12.5. The van der Waals surface area contributed by atoms with Crippen LogP contribution in [0.5, 0.6) is 0 Å². The molecule has 1 atom stereocenters. The topological polar surface area (TPSA) is 48.9 Å². The van der Waals surface area contributed by atoms with Gasteiger partial charge in [-0.2, -0.15) is 0 Å². The highest BCUT2D eigenvalue weighted by molar-refractivity contribution is 14.0. The first-order chi connectivity index (χ1) is 9.67. The van der Waals surface area contributed by atoms with E-state index in [0.29, 0.717) is 6.04 Å². The number of hydrogen-bond donors (Lipinski definition) is 2. The Balaban J connectivity index is 0.00000400. The SMILES string of the molecule is CN=C(NCCCOC)NCC1CCCN(C(C)C)C1.I. The van der Waals surface area contributed by atoms with Crippen LogP contribution >= 0.6 is 24.0 Å². The number of rotatable bonds is 7. The van der Waals surface area contributed by atoms with Crippen LogP contribution in [0.25, 0.3) is 0 Å². The van der Waals surface area contributed by atoms with Crippen molar-refractivity contribution in [2.24, 2.45) is 10.9 Å². The molecule has 126 valence electrons. The molecule has 0 amide bonds. The van der Waals surface area contributed by atoms with Gasteiger partial charge in [-0.15, -0.1) is 24.0 Å². The molecule has 1 rings (SSSR count). The van der Waals surface area contributed by atoms with Gasteiger partial charge in [0.1, 0.15) is 0 Å². The van der Waals surface area contributed by atoms with E-state index in [1.165, 1.54) is 25.9 Å². The standard InChI is InChI=1S/C15H32N4O.HI/c1-13(2)19-9-5-7-14(12-19)11-18-15(16-3)17-8-6-10-20-4;/h13-14H,5-12H2,1-4H3,(H2,16,17,18);1H. The maximum Gasteiger partial charge on any atom is 0.190 e. The number of likely N-dealkylation sites (tertiary alicyclic amines) is 1. The number of ether oxygens (including phenoxy) is 1. The zero-order chi connectivity index (χ0) is 14.8. The summed E-state index contributed by atoms with van der Waals surface area (Å²) in [5, 5.41) is 6.77. The largest absolute Gasteiger partial charge is 0.385 e. The van der Waals surface area contributed by atoms with Crippen molar-refractivity contribution in [3.05, 3.63) is 0 Å². The summed E-state index contributed by atoms with van der Waals surface area (Å²) in [7, 11) is 3.56. The summed E-state index contributed by atoms with van der Waals surface area (Å²) in [6, 6.07) is 0.657. The summed E-state index contributed by atoms with van der Waals surface area (Å²) in [4.78, 5) is 6.84. The number of methoxy groups -OCH3 is 1. The highest BCUT2D eigenvalue weighted by Crippen LogP contribution is 2.17. The lowest BCUT2D eigenvalue weighted by molar-refractivity contribution is 0.141. The van der Waals surface area contributed by atoms with Crippen molar-refractivity contribution in [3.63, 3.8) is 0 Å². The van der Waals surface area contributed by atoms with E-state index in [4.69, 9.17) is 4.74 Å². The first-order valence-corrected chi connectivity index (χ1v) is 7.84. The van der Waals surface area contributed by atoms with Gasteiger partial charge in [0.15, 0.2) is 5.96 Å². The minimum Gasteiger partial charge on any atom is -0.385 e. The van der Waals surface area contributed by atoms with Gasteiger partial charge in [0.2, 0.25) is 0 Å². The average molecular weight is 412 g/mol. The van der Waals surface area contributed by atoms with Crippen molar-refractivity contribution in [2.75, 3.05) is 46.9 Å². The fourth-order valence-corrected chi connectivity index (χ4v) is 2.62. The van der Waals surface area contributed by atoms with Gasteiger partial charge < -0.3 is 20.3 Å². The molecular formula is C15H33IN4O. The van der Waals surface area contributed by atoms with Crippen LogP contribution in [-0.4, -0.2) is 63.8 Å². The van der Waals surface area contributed by atoms with Crippen LogP contribution in [0.3, 0.4) is 0 Å². The molecular weight excluding hydrogens is 379 g/mol. The van der Waals surface area contributed by atoms with Gasteiger partial charge in [-0.05, 0) is 45.6 Å². The van der Waals surface area contributed by atoms with E-state index in [0.717, 1.165) is 38.0 Å². The molecule has 0 radical (unpaired) electrons. The molecule has 0 aromatic heterocycles. The van der Waals surface area contributed by atoms with Crippen molar-refractivity contribution >= 4 is 29.9 Å². The lowest BCUT2D eigenvalue weighted by Crippen LogP contribution is -2.46. The molecule has 0 aromatic rings. The number of nitrogens with one attached hydrogen (secondary N) is 2. The molecule has 1 saturated heterocycles. The summed E-state index contributed by atoms with van der Waals surface area (Å²) in [6.45, 7) is 9.71. The van der Waals surface area contributed by atoms with E-state index in [1.54, 1.807) is 7.11 Å². The molecule has 5 nitrogen and oxygen atoms in total. The van der Waals surface area contributed by atoms with Crippen molar-refractivity contribution in [3.8, 4) is 0 Å². The third-order valence-corrected chi connectivity index (χ3v) is 3.88. The van der Waals surface area contributed by atoms with E-state index in [2.05, 4.69) is 34.4 Å². The molecule has 2 N–H and O–H groups in total. The zero-order valence-electron chi connectivity index (χ0n) is 14.0. The van der Waals surface area contributed by atoms with Gasteiger partial charge in [0.25, 0.3) is 0 Å². The van der Waals surface area contributed by atoms with Crippen LogP contribution in [0.4, 0.5) is 0 Å². The average Bonchev–Trinajstić information content (AvgIpc) is 2.47. The Kier molecular flexibility index (Phi) is 12.4. The van der Waals surface area contributed by atoms with Gasteiger partial charge in [0.05, 0.1) is 0 Å². The molecule has 6 heteroatoms. The lowest BCUT2D eigenvalue weighted by atomic mass is 9.97. The van der Waals surface area contributed by atoms with E-state index in [1.807, 2.05) is 7.05 Å². The van der Waals surface area contributed by atoms with Gasteiger partial charge in [-0.25, -0.2) is 0 Å². The van der Waals surface area contributed by atoms with E-state index in [9.17, 15) is 0 Å².